The summed E-state index contributed by atoms with van der Waals surface area (Å²) in [5.41, 5.74) is 2.74. The minimum atomic E-state index is 0.363. The van der Waals surface area contributed by atoms with E-state index in [9.17, 15) is 0 Å². The molecule has 0 heterocycles. The summed E-state index contributed by atoms with van der Waals surface area (Å²) in [5, 5.41) is 0.807. The molecule has 1 aliphatic carbocycles. The Kier molecular flexibility index (Phi) is 4.56. The third-order valence-electron chi connectivity index (χ3n) is 5.23. The molecule has 1 saturated carbocycles. The molecule has 2 aromatic rings. The van der Waals surface area contributed by atoms with Gasteiger partial charge in [0, 0.05) is 16.1 Å². The van der Waals surface area contributed by atoms with Gasteiger partial charge in [0.1, 0.15) is 6.04 Å². The molecule has 0 unspecified atom stereocenters. The average molecular weight is 315 g/mol. The standard InChI is InChI=1S/C20H25ClN/c1-22(2,19-10-6-7-11-19)20(16-8-4-3-5-9-16)17-12-14-18(21)15-13-17/h3-5,8-9,12-15,19-20H,6-7,10-11H2,1-2H3/q+1/t20-/m0/s1. The van der Waals surface area contributed by atoms with E-state index in [0.29, 0.717) is 6.04 Å². The molecule has 0 saturated heterocycles. The van der Waals surface area contributed by atoms with Crippen LogP contribution in [0.1, 0.15) is 42.9 Å². The van der Waals surface area contributed by atoms with Crippen molar-refractivity contribution in [3.8, 4) is 0 Å². The van der Waals surface area contributed by atoms with Crippen molar-refractivity contribution in [1.29, 1.82) is 0 Å². The van der Waals surface area contributed by atoms with Gasteiger partial charge in [-0.05, 0) is 37.8 Å². The minimum absolute atomic E-state index is 0.363. The smallest absolute Gasteiger partial charge is 0.140 e. The third-order valence-corrected chi connectivity index (χ3v) is 5.48. The molecule has 0 bridgehead atoms. The molecule has 1 fully saturated rings. The van der Waals surface area contributed by atoms with Crippen molar-refractivity contribution < 1.29 is 4.48 Å². The fourth-order valence-electron chi connectivity index (χ4n) is 4.02. The molecule has 0 radical (unpaired) electrons. The Labute approximate surface area is 139 Å². The van der Waals surface area contributed by atoms with Gasteiger partial charge in [-0.25, -0.2) is 0 Å². The predicted octanol–water partition coefficient (Wildman–Crippen LogP) is 5.45. The van der Waals surface area contributed by atoms with E-state index in [0.717, 1.165) is 15.5 Å². The first-order valence-corrected chi connectivity index (χ1v) is 8.60. The van der Waals surface area contributed by atoms with E-state index in [1.165, 1.54) is 36.8 Å². The lowest BCUT2D eigenvalue weighted by atomic mass is 9.93. The van der Waals surface area contributed by atoms with Crippen LogP contribution in [0.2, 0.25) is 5.02 Å². The molecule has 2 aromatic carbocycles. The van der Waals surface area contributed by atoms with Gasteiger partial charge in [-0.15, -0.1) is 0 Å². The van der Waals surface area contributed by atoms with E-state index in [1.807, 2.05) is 12.1 Å². The van der Waals surface area contributed by atoms with E-state index in [1.54, 1.807) is 0 Å². The topological polar surface area (TPSA) is 0 Å². The first-order valence-electron chi connectivity index (χ1n) is 8.23. The lowest BCUT2D eigenvalue weighted by molar-refractivity contribution is -0.938. The van der Waals surface area contributed by atoms with Gasteiger partial charge in [-0.2, -0.15) is 0 Å². The van der Waals surface area contributed by atoms with Crippen molar-refractivity contribution in [2.45, 2.75) is 37.8 Å². The number of hydrogen-bond acceptors (Lipinski definition) is 0. The SMILES string of the molecule is C[N+](C)(C1CCCC1)[C@@H](c1ccccc1)c1ccc(Cl)cc1. The van der Waals surface area contributed by atoms with Gasteiger partial charge in [0.2, 0.25) is 0 Å². The van der Waals surface area contributed by atoms with Crippen LogP contribution in [0.5, 0.6) is 0 Å². The zero-order valence-corrected chi connectivity index (χ0v) is 14.3. The maximum Gasteiger partial charge on any atom is 0.140 e. The molecule has 0 N–H and O–H groups in total. The van der Waals surface area contributed by atoms with Gasteiger partial charge in [0.05, 0.1) is 20.1 Å². The van der Waals surface area contributed by atoms with Gasteiger partial charge < -0.3 is 4.48 Å². The molecular formula is C20H25ClN+. The summed E-state index contributed by atoms with van der Waals surface area (Å²) >= 11 is 6.10. The fourth-order valence-corrected chi connectivity index (χ4v) is 4.15. The van der Waals surface area contributed by atoms with Crippen LogP contribution < -0.4 is 0 Å². The van der Waals surface area contributed by atoms with Gasteiger partial charge in [0.25, 0.3) is 0 Å². The van der Waals surface area contributed by atoms with Crippen molar-refractivity contribution in [3.05, 3.63) is 70.7 Å². The molecular weight excluding hydrogens is 290 g/mol. The van der Waals surface area contributed by atoms with Crippen molar-refractivity contribution in [2.75, 3.05) is 14.1 Å². The van der Waals surface area contributed by atoms with E-state index < -0.39 is 0 Å². The summed E-state index contributed by atoms with van der Waals surface area (Å²) in [6.07, 6.45) is 5.41. The maximum atomic E-state index is 6.10. The Morgan fingerprint density at radius 3 is 2.00 bits per heavy atom. The quantitative estimate of drug-likeness (QED) is 0.658. The normalized spacial score (nSPS) is 17.6. The summed E-state index contributed by atoms with van der Waals surface area (Å²) in [7, 11) is 4.78. The van der Waals surface area contributed by atoms with Crippen LogP contribution in [0.3, 0.4) is 0 Å². The number of nitrogens with zero attached hydrogens (tertiary/aromatic N) is 1. The Morgan fingerprint density at radius 1 is 0.864 bits per heavy atom. The second kappa shape index (κ2) is 6.44. The van der Waals surface area contributed by atoms with E-state index >= 15 is 0 Å². The number of rotatable bonds is 4. The van der Waals surface area contributed by atoms with Crippen LogP contribution in [0.4, 0.5) is 0 Å². The van der Waals surface area contributed by atoms with E-state index in [2.05, 4.69) is 56.6 Å². The molecule has 0 aromatic heterocycles. The highest BCUT2D eigenvalue weighted by Gasteiger charge is 2.39. The number of quaternary nitrogens is 1. The highest BCUT2D eigenvalue weighted by Crippen LogP contribution is 2.39. The highest BCUT2D eigenvalue weighted by molar-refractivity contribution is 6.30. The van der Waals surface area contributed by atoms with E-state index in [-0.39, 0.29) is 0 Å². The second-order valence-electron chi connectivity index (χ2n) is 6.93. The van der Waals surface area contributed by atoms with Gasteiger partial charge >= 0.3 is 0 Å². The highest BCUT2D eigenvalue weighted by atomic mass is 35.5. The van der Waals surface area contributed by atoms with Crippen molar-refractivity contribution in [1.82, 2.24) is 0 Å². The van der Waals surface area contributed by atoms with Crippen LogP contribution in [0, 0.1) is 0 Å². The first-order chi connectivity index (χ1) is 10.6. The van der Waals surface area contributed by atoms with Crippen molar-refractivity contribution in [2.24, 2.45) is 0 Å². The second-order valence-corrected chi connectivity index (χ2v) is 7.37. The Balaban J connectivity index is 2.04. The number of benzene rings is 2. The third kappa shape index (κ3) is 3.06. The van der Waals surface area contributed by atoms with Crippen LogP contribution in [0.15, 0.2) is 54.6 Å². The molecule has 0 spiro atoms. The van der Waals surface area contributed by atoms with Gasteiger partial charge in [0.15, 0.2) is 0 Å². The van der Waals surface area contributed by atoms with Crippen molar-refractivity contribution in [3.63, 3.8) is 0 Å². The zero-order chi connectivity index (χ0) is 15.6. The summed E-state index contributed by atoms with van der Waals surface area (Å²) in [4.78, 5) is 0. The fraction of sp³-hybridized carbons (Fsp3) is 0.400. The molecule has 1 atom stereocenters. The Bertz CT molecular complexity index is 597. The summed E-state index contributed by atoms with van der Waals surface area (Å²) < 4.78 is 1.02. The molecule has 3 rings (SSSR count). The molecule has 1 nitrogen and oxygen atoms in total. The lowest BCUT2D eigenvalue weighted by Gasteiger charge is -2.43. The maximum absolute atomic E-state index is 6.10. The minimum Gasteiger partial charge on any atom is -0.316 e. The number of hydrogen-bond donors (Lipinski definition) is 0. The predicted molar refractivity (Wildman–Crippen MR) is 94.1 cm³/mol. The van der Waals surface area contributed by atoms with Crippen LogP contribution >= 0.6 is 11.6 Å². The Morgan fingerprint density at radius 2 is 1.41 bits per heavy atom. The molecule has 2 heteroatoms. The summed E-state index contributed by atoms with van der Waals surface area (Å²) in [6, 6.07) is 20.4. The number of halogens is 1. The molecule has 0 aliphatic heterocycles. The monoisotopic (exact) mass is 314 g/mol. The first kappa shape index (κ1) is 15.6. The van der Waals surface area contributed by atoms with Crippen molar-refractivity contribution >= 4 is 11.6 Å². The molecule has 116 valence electrons. The average Bonchev–Trinajstić information content (AvgIpc) is 3.06. The van der Waals surface area contributed by atoms with Crippen LogP contribution in [-0.2, 0) is 0 Å². The van der Waals surface area contributed by atoms with E-state index in [4.69, 9.17) is 11.6 Å². The van der Waals surface area contributed by atoms with Gasteiger partial charge in [-0.1, -0.05) is 54.1 Å². The molecule has 0 amide bonds. The molecule has 22 heavy (non-hydrogen) atoms. The van der Waals surface area contributed by atoms with Gasteiger partial charge in [-0.3, -0.25) is 0 Å². The largest absolute Gasteiger partial charge is 0.316 e. The van der Waals surface area contributed by atoms with Crippen LogP contribution in [0.25, 0.3) is 0 Å². The molecule has 1 aliphatic rings. The summed E-state index contributed by atoms with van der Waals surface area (Å²) in [6.45, 7) is 0. The zero-order valence-electron chi connectivity index (χ0n) is 13.5. The summed E-state index contributed by atoms with van der Waals surface area (Å²) in [5.74, 6) is 0. The Hall–Kier alpha value is -1.31. The lowest BCUT2D eigenvalue weighted by Crippen LogP contribution is -2.50. The van der Waals surface area contributed by atoms with Crippen LogP contribution in [-0.4, -0.2) is 24.6 Å².